The second-order valence-corrected chi connectivity index (χ2v) is 5.35. The lowest BCUT2D eigenvalue weighted by molar-refractivity contribution is 0.303. The van der Waals surface area contributed by atoms with Crippen LogP contribution in [0.2, 0.25) is 0 Å². The Morgan fingerprint density at radius 2 is 1.67 bits per heavy atom. The number of fused-ring (bicyclic) bond motifs is 1. The van der Waals surface area contributed by atoms with E-state index in [1.807, 2.05) is 26.0 Å². The summed E-state index contributed by atoms with van der Waals surface area (Å²) in [6.07, 6.45) is 0. The van der Waals surface area contributed by atoms with Crippen LogP contribution in [-0.2, 0) is 6.61 Å². The number of ether oxygens (including phenoxy) is 1. The summed E-state index contributed by atoms with van der Waals surface area (Å²) in [4.78, 5) is 0. The molecular formula is C19H19NO. The van der Waals surface area contributed by atoms with Crippen LogP contribution in [0.5, 0.6) is 5.75 Å². The standard InChI is InChI=1S/C19H19NO/c1-13-10-11-18(20)14(2)19(13)21-12-16-8-5-7-15-6-3-4-9-17(15)16/h3-11H,12,20H2,1-2H3. The first kappa shape index (κ1) is 13.5. The molecule has 21 heavy (non-hydrogen) atoms. The molecule has 0 aliphatic rings. The molecule has 2 N–H and O–H groups in total. The first-order chi connectivity index (χ1) is 10.2. The molecule has 0 amide bonds. The first-order valence-corrected chi connectivity index (χ1v) is 7.12. The van der Waals surface area contributed by atoms with Crippen LogP contribution in [-0.4, -0.2) is 0 Å². The quantitative estimate of drug-likeness (QED) is 0.709. The van der Waals surface area contributed by atoms with Gasteiger partial charge >= 0.3 is 0 Å². The van der Waals surface area contributed by atoms with E-state index in [1.165, 1.54) is 16.3 Å². The van der Waals surface area contributed by atoms with Crippen molar-refractivity contribution in [2.24, 2.45) is 0 Å². The SMILES string of the molecule is Cc1ccc(N)c(C)c1OCc1cccc2ccccc12. The average Bonchev–Trinajstić information content (AvgIpc) is 2.51. The lowest BCUT2D eigenvalue weighted by atomic mass is 10.1. The smallest absolute Gasteiger partial charge is 0.127 e. The second-order valence-electron chi connectivity index (χ2n) is 5.35. The molecule has 2 nitrogen and oxygen atoms in total. The molecule has 0 radical (unpaired) electrons. The van der Waals surface area contributed by atoms with Gasteiger partial charge < -0.3 is 10.5 Å². The highest BCUT2D eigenvalue weighted by Crippen LogP contribution is 2.29. The minimum absolute atomic E-state index is 0.548. The van der Waals surface area contributed by atoms with Crippen molar-refractivity contribution >= 4 is 16.5 Å². The molecule has 0 atom stereocenters. The molecule has 0 saturated heterocycles. The van der Waals surface area contributed by atoms with Gasteiger partial charge in [-0.1, -0.05) is 48.5 Å². The Balaban J connectivity index is 1.93. The van der Waals surface area contributed by atoms with Gasteiger partial charge in [0, 0.05) is 11.3 Å². The van der Waals surface area contributed by atoms with E-state index in [4.69, 9.17) is 10.5 Å². The number of nitrogen functional groups attached to an aromatic ring is 1. The van der Waals surface area contributed by atoms with Crippen molar-refractivity contribution in [3.8, 4) is 5.75 Å². The van der Waals surface area contributed by atoms with Crippen molar-refractivity contribution in [1.82, 2.24) is 0 Å². The van der Waals surface area contributed by atoms with Crippen LogP contribution in [0.3, 0.4) is 0 Å². The van der Waals surface area contributed by atoms with Gasteiger partial charge in [0.2, 0.25) is 0 Å². The molecule has 0 unspecified atom stereocenters. The van der Waals surface area contributed by atoms with Crippen LogP contribution in [0, 0.1) is 13.8 Å². The fourth-order valence-electron chi connectivity index (χ4n) is 2.63. The van der Waals surface area contributed by atoms with E-state index >= 15 is 0 Å². The average molecular weight is 277 g/mol. The zero-order valence-corrected chi connectivity index (χ0v) is 12.4. The number of hydrogen-bond donors (Lipinski definition) is 1. The van der Waals surface area contributed by atoms with Gasteiger partial charge in [0.25, 0.3) is 0 Å². The third kappa shape index (κ3) is 2.57. The molecule has 3 rings (SSSR count). The largest absolute Gasteiger partial charge is 0.488 e. The van der Waals surface area contributed by atoms with Crippen LogP contribution >= 0.6 is 0 Å². The van der Waals surface area contributed by atoms with E-state index in [1.54, 1.807) is 0 Å². The maximum Gasteiger partial charge on any atom is 0.127 e. The van der Waals surface area contributed by atoms with Crippen molar-refractivity contribution in [3.63, 3.8) is 0 Å². The Bertz CT molecular complexity index is 787. The number of aryl methyl sites for hydroxylation is 1. The molecule has 0 aliphatic heterocycles. The molecule has 0 fully saturated rings. The Kier molecular flexibility index (Phi) is 3.53. The van der Waals surface area contributed by atoms with Crippen LogP contribution in [0.15, 0.2) is 54.6 Å². The van der Waals surface area contributed by atoms with Gasteiger partial charge in [0.05, 0.1) is 0 Å². The van der Waals surface area contributed by atoms with Gasteiger partial charge in [-0.15, -0.1) is 0 Å². The summed E-state index contributed by atoms with van der Waals surface area (Å²) in [6, 6.07) is 18.6. The van der Waals surface area contributed by atoms with E-state index in [-0.39, 0.29) is 0 Å². The third-order valence-corrected chi connectivity index (χ3v) is 3.90. The maximum atomic E-state index is 6.06. The minimum Gasteiger partial charge on any atom is -0.488 e. The summed E-state index contributed by atoms with van der Waals surface area (Å²) in [6.45, 7) is 4.60. The number of nitrogens with two attached hydrogens (primary N) is 1. The Morgan fingerprint density at radius 3 is 2.52 bits per heavy atom. The van der Waals surface area contributed by atoms with Gasteiger partial charge in [-0.2, -0.15) is 0 Å². The van der Waals surface area contributed by atoms with Crippen LogP contribution in [0.25, 0.3) is 10.8 Å². The number of benzene rings is 3. The summed E-state index contributed by atoms with van der Waals surface area (Å²) in [5.41, 5.74) is 10.1. The van der Waals surface area contributed by atoms with Crippen LogP contribution in [0.1, 0.15) is 16.7 Å². The molecule has 0 aliphatic carbocycles. The highest BCUT2D eigenvalue weighted by atomic mass is 16.5. The summed E-state index contributed by atoms with van der Waals surface area (Å²) in [5.74, 6) is 0.892. The lowest BCUT2D eigenvalue weighted by Gasteiger charge is -2.14. The molecule has 0 bridgehead atoms. The summed E-state index contributed by atoms with van der Waals surface area (Å²) < 4.78 is 6.06. The predicted octanol–water partition coefficient (Wildman–Crippen LogP) is 4.62. The van der Waals surface area contributed by atoms with E-state index in [9.17, 15) is 0 Å². The van der Waals surface area contributed by atoms with Crippen molar-refractivity contribution in [2.75, 3.05) is 5.73 Å². The van der Waals surface area contributed by atoms with Gasteiger partial charge in [-0.05, 0) is 41.8 Å². The number of hydrogen-bond acceptors (Lipinski definition) is 2. The molecule has 0 heterocycles. The fraction of sp³-hybridized carbons (Fsp3) is 0.158. The summed E-state index contributed by atoms with van der Waals surface area (Å²) in [5, 5.41) is 2.47. The molecular weight excluding hydrogens is 258 g/mol. The second kappa shape index (κ2) is 5.49. The monoisotopic (exact) mass is 277 g/mol. The minimum atomic E-state index is 0.548. The molecule has 3 aromatic rings. The van der Waals surface area contributed by atoms with Gasteiger partial charge in [-0.3, -0.25) is 0 Å². The summed E-state index contributed by atoms with van der Waals surface area (Å²) in [7, 11) is 0. The number of rotatable bonds is 3. The third-order valence-electron chi connectivity index (χ3n) is 3.90. The molecule has 106 valence electrons. The Morgan fingerprint density at radius 1 is 0.905 bits per heavy atom. The predicted molar refractivity (Wildman–Crippen MR) is 88.6 cm³/mol. The molecule has 3 aromatic carbocycles. The van der Waals surface area contributed by atoms with Gasteiger partial charge in [0.1, 0.15) is 12.4 Å². The van der Waals surface area contributed by atoms with Crippen LogP contribution < -0.4 is 10.5 Å². The van der Waals surface area contributed by atoms with Crippen molar-refractivity contribution < 1.29 is 4.74 Å². The molecule has 2 heteroatoms. The maximum absolute atomic E-state index is 6.06. The first-order valence-electron chi connectivity index (χ1n) is 7.12. The Hall–Kier alpha value is -2.48. The molecule has 0 saturated carbocycles. The van der Waals surface area contributed by atoms with E-state index in [0.29, 0.717) is 6.61 Å². The van der Waals surface area contributed by atoms with E-state index < -0.39 is 0 Å². The van der Waals surface area contributed by atoms with Gasteiger partial charge in [-0.25, -0.2) is 0 Å². The lowest BCUT2D eigenvalue weighted by Crippen LogP contribution is -2.01. The highest BCUT2D eigenvalue weighted by molar-refractivity contribution is 5.85. The topological polar surface area (TPSA) is 35.2 Å². The molecule has 0 spiro atoms. The zero-order chi connectivity index (χ0) is 14.8. The van der Waals surface area contributed by atoms with E-state index in [2.05, 4.69) is 42.5 Å². The van der Waals surface area contributed by atoms with Crippen molar-refractivity contribution in [2.45, 2.75) is 20.5 Å². The summed E-state index contributed by atoms with van der Waals surface area (Å²) >= 11 is 0. The number of anilines is 1. The Labute approximate surface area is 125 Å². The highest BCUT2D eigenvalue weighted by Gasteiger charge is 2.08. The molecule has 0 aromatic heterocycles. The van der Waals surface area contributed by atoms with Gasteiger partial charge in [0.15, 0.2) is 0 Å². The normalized spacial score (nSPS) is 10.8. The van der Waals surface area contributed by atoms with Crippen LogP contribution in [0.4, 0.5) is 5.69 Å². The zero-order valence-electron chi connectivity index (χ0n) is 12.4. The van der Waals surface area contributed by atoms with E-state index in [0.717, 1.165) is 22.6 Å². The fourth-order valence-corrected chi connectivity index (χ4v) is 2.63. The van der Waals surface area contributed by atoms with Crippen molar-refractivity contribution in [1.29, 1.82) is 0 Å². The van der Waals surface area contributed by atoms with Crippen molar-refractivity contribution in [3.05, 3.63) is 71.3 Å².